The highest BCUT2D eigenvalue weighted by Gasteiger charge is 2.48. The van der Waals surface area contributed by atoms with E-state index in [4.69, 9.17) is 11.6 Å². The normalized spacial score (nSPS) is 18.5. The second-order valence-electron chi connectivity index (χ2n) is 8.28. The van der Waals surface area contributed by atoms with Crippen LogP contribution >= 0.6 is 11.6 Å². The molecule has 31 heavy (non-hydrogen) atoms. The maximum atomic E-state index is 12.7. The second kappa shape index (κ2) is 8.31. The standard InChI is InChI=1S/C22H27ClN4O3S/c1-4-5-6-11-31(29,30)25-21(28)18-13-17(18)20-14(2)24-26(3)22(20)27-10-9-15-12-16(23)7-8-19(15)27/h7-10,12,17-18H,4-6,11,13H2,1-3H3,(H,25,28)/t17-,18-/m1/s1. The van der Waals surface area contributed by atoms with Crippen molar-refractivity contribution in [2.75, 3.05) is 5.75 Å². The van der Waals surface area contributed by atoms with E-state index in [9.17, 15) is 13.2 Å². The smallest absolute Gasteiger partial charge is 0.237 e. The Hall–Kier alpha value is -2.32. The zero-order valence-electron chi connectivity index (χ0n) is 17.9. The molecule has 0 unspecified atom stereocenters. The van der Waals surface area contributed by atoms with Gasteiger partial charge in [0.1, 0.15) is 5.82 Å². The first-order valence-corrected chi connectivity index (χ1v) is 12.6. The summed E-state index contributed by atoms with van der Waals surface area (Å²) >= 11 is 6.13. The summed E-state index contributed by atoms with van der Waals surface area (Å²) in [5.74, 6) is 0.0397. The summed E-state index contributed by atoms with van der Waals surface area (Å²) in [7, 11) is -1.71. The number of benzene rings is 1. The zero-order valence-corrected chi connectivity index (χ0v) is 19.5. The molecule has 4 rings (SSSR count). The topological polar surface area (TPSA) is 86.0 Å². The molecule has 1 N–H and O–H groups in total. The highest BCUT2D eigenvalue weighted by molar-refractivity contribution is 7.90. The van der Waals surface area contributed by atoms with Crippen LogP contribution in [0.5, 0.6) is 0 Å². The average molecular weight is 463 g/mol. The van der Waals surface area contributed by atoms with Gasteiger partial charge in [0.15, 0.2) is 0 Å². The van der Waals surface area contributed by atoms with Gasteiger partial charge in [0.2, 0.25) is 15.9 Å². The van der Waals surface area contributed by atoms with Gasteiger partial charge in [-0.1, -0.05) is 31.4 Å². The lowest BCUT2D eigenvalue weighted by atomic mass is 10.1. The van der Waals surface area contributed by atoms with Gasteiger partial charge >= 0.3 is 0 Å². The van der Waals surface area contributed by atoms with Crippen molar-refractivity contribution in [1.29, 1.82) is 0 Å². The van der Waals surface area contributed by atoms with Crippen molar-refractivity contribution in [2.45, 2.75) is 45.4 Å². The molecule has 0 aliphatic heterocycles. The summed E-state index contributed by atoms with van der Waals surface area (Å²) in [5.41, 5.74) is 2.83. The summed E-state index contributed by atoms with van der Waals surface area (Å²) in [5, 5.41) is 6.28. The van der Waals surface area contributed by atoms with Gasteiger partial charge in [0.05, 0.1) is 17.0 Å². The Morgan fingerprint density at radius 2 is 2.06 bits per heavy atom. The first-order valence-electron chi connectivity index (χ1n) is 10.6. The Bertz CT molecular complexity index is 1250. The van der Waals surface area contributed by atoms with E-state index in [1.54, 1.807) is 0 Å². The molecule has 2 atom stereocenters. The van der Waals surface area contributed by atoms with Crippen molar-refractivity contribution in [2.24, 2.45) is 13.0 Å². The van der Waals surface area contributed by atoms with Crippen LogP contribution in [-0.2, 0) is 21.9 Å². The fourth-order valence-corrected chi connectivity index (χ4v) is 5.63. The number of fused-ring (bicyclic) bond motifs is 1. The molecule has 0 bridgehead atoms. The molecule has 0 saturated heterocycles. The van der Waals surface area contributed by atoms with Crippen LogP contribution in [0.15, 0.2) is 30.5 Å². The minimum Gasteiger partial charge on any atom is -0.301 e. The number of amides is 1. The summed E-state index contributed by atoms with van der Waals surface area (Å²) in [6.07, 6.45) is 4.90. The maximum Gasteiger partial charge on any atom is 0.237 e. The molecule has 2 heterocycles. The van der Waals surface area contributed by atoms with Crippen LogP contribution in [0, 0.1) is 12.8 Å². The second-order valence-corrected chi connectivity index (χ2v) is 10.6. The van der Waals surface area contributed by atoms with Crippen molar-refractivity contribution in [3.63, 3.8) is 0 Å². The minimum atomic E-state index is -3.59. The quantitative estimate of drug-likeness (QED) is 0.511. The van der Waals surface area contributed by atoms with Crippen LogP contribution in [0.3, 0.4) is 0 Å². The summed E-state index contributed by atoms with van der Waals surface area (Å²) in [6.45, 7) is 3.94. The zero-order chi connectivity index (χ0) is 22.3. The SMILES string of the molecule is CCCCCS(=O)(=O)NC(=O)[C@@H]1C[C@H]1c1c(C)nn(C)c1-n1ccc2cc(Cl)ccc21. The molecule has 9 heteroatoms. The minimum absolute atomic E-state index is 0.0148. The van der Waals surface area contributed by atoms with Gasteiger partial charge in [-0.3, -0.25) is 14.2 Å². The molecular weight excluding hydrogens is 436 g/mol. The van der Waals surface area contributed by atoms with Crippen LogP contribution in [0.25, 0.3) is 16.7 Å². The van der Waals surface area contributed by atoms with E-state index in [2.05, 4.69) is 14.4 Å². The molecule has 1 aromatic carbocycles. The monoisotopic (exact) mass is 462 g/mol. The van der Waals surface area contributed by atoms with E-state index in [1.807, 2.05) is 56.0 Å². The number of carbonyl (C=O) groups excluding carboxylic acids is 1. The molecule has 2 aromatic heterocycles. The van der Waals surface area contributed by atoms with E-state index >= 15 is 0 Å². The number of aromatic nitrogens is 3. The van der Waals surface area contributed by atoms with Crippen molar-refractivity contribution in [1.82, 2.24) is 19.1 Å². The molecular formula is C22H27ClN4O3S. The van der Waals surface area contributed by atoms with Gasteiger partial charge < -0.3 is 4.57 Å². The molecule has 1 saturated carbocycles. The Labute approximate surface area is 187 Å². The number of hydrogen-bond acceptors (Lipinski definition) is 4. The lowest BCUT2D eigenvalue weighted by Crippen LogP contribution is -2.34. The van der Waals surface area contributed by atoms with Crippen LogP contribution < -0.4 is 4.72 Å². The van der Waals surface area contributed by atoms with E-state index in [0.29, 0.717) is 17.9 Å². The summed E-state index contributed by atoms with van der Waals surface area (Å²) in [4.78, 5) is 12.7. The Morgan fingerprint density at radius 3 is 2.81 bits per heavy atom. The Kier molecular flexibility index (Phi) is 5.87. The van der Waals surface area contributed by atoms with E-state index in [-0.39, 0.29) is 17.6 Å². The maximum absolute atomic E-state index is 12.7. The lowest BCUT2D eigenvalue weighted by molar-refractivity contribution is -0.120. The molecule has 7 nitrogen and oxygen atoms in total. The van der Waals surface area contributed by atoms with E-state index < -0.39 is 15.9 Å². The van der Waals surface area contributed by atoms with Crippen molar-refractivity contribution in [3.8, 4) is 5.82 Å². The highest BCUT2D eigenvalue weighted by atomic mass is 35.5. The van der Waals surface area contributed by atoms with Crippen LogP contribution in [0.2, 0.25) is 5.02 Å². The first-order chi connectivity index (χ1) is 14.7. The Balaban J connectivity index is 1.59. The van der Waals surface area contributed by atoms with Gasteiger partial charge in [-0.2, -0.15) is 5.10 Å². The fraction of sp³-hybridized carbons (Fsp3) is 0.455. The number of halogens is 1. The molecule has 1 aliphatic rings. The number of carbonyl (C=O) groups is 1. The van der Waals surface area contributed by atoms with Crippen LogP contribution in [-0.4, -0.2) is 34.4 Å². The van der Waals surface area contributed by atoms with Crippen molar-refractivity contribution in [3.05, 3.63) is 46.7 Å². The van der Waals surface area contributed by atoms with Crippen LogP contribution in [0.4, 0.5) is 0 Å². The molecule has 0 spiro atoms. The third-order valence-corrected chi connectivity index (χ3v) is 7.46. The van der Waals surface area contributed by atoms with Gasteiger partial charge in [0.25, 0.3) is 0 Å². The number of unbranched alkanes of at least 4 members (excludes halogenated alkanes) is 2. The fourth-order valence-electron chi connectivity index (χ4n) is 4.31. The van der Waals surface area contributed by atoms with Crippen molar-refractivity contribution < 1.29 is 13.2 Å². The third kappa shape index (κ3) is 4.36. The van der Waals surface area contributed by atoms with Crippen LogP contribution in [0.1, 0.15) is 49.8 Å². The van der Waals surface area contributed by atoms with Gasteiger partial charge in [0, 0.05) is 41.1 Å². The van der Waals surface area contributed by atoms with Gasteiger partial charge in [-0.25, -0.2) is 8.42 Å². The molecule has 1 aliphatic carbocycles. The lowest BCUT2D eigenvalue weighted by Gasteiger charge is -2.10. The molecule has 1 fully saturated rings. The van der Waals surface area contributed by atoms with E-state index in [1.165, 1.54) is 0 Å². The summed E-state index contributed by atoms with van der Waals surface area (Å²) < 4.78 is 30.6. The largest absolute Gasteiger partial charge is 0.301 e. The molecule has 1 amide bonds. The number of rotatable bonds is 8. The van der Waals surface area contributed by atoms with Gasteiger partial charge in [-0.15, -0.1) is 0 Å². The molecule has 166 valence electrons. The average Bonchev–Trinajstić information content (AvgIpc) is 3.29. The number of aryl methyl sites for hydroxylation is 2. The summed E-state index contributed by atoms with van der Waals surface area (Å²) in [6, 6.07) is 7.71. The van der Waals surface area contributed by atoms with Gasteiger partial charge in [-0.05, 0) is 44.0 Å². The van der Waals surface area contributed by atoms with Crippen molar-refractivity contribution >= 4 is 38.4 Å². The predicted octanol–water partition coefficient (Wildman–Crippen LogP) is 4.07. The van der Waals surface area contributed by atoms with E-state index in [0.717, 1.165) is 40.8 Å². The first kappa shape index (κ1) is 21.9. The number of nitrogens with one attached hydrogen (secondary N) is 1. The highest BCUT2D eigenvalue weighted by Crippen LogP contribution is 2.50. The molecule has 0 radical (unpaired) electrons. The Morgan fingerprint density at radius 1 is 1.29 bits per heavy atom. The number of nitrogens with zero attached hydrogens (tertiary/aromatic N) is 3. The number of hydrogen-bond donors (Lipinski definition) is 1. The number of sulfonamides is 1. The predicted molar refractivity (Wildman–Crippen MR) is 122 cm³/mol. The molecule has 3 aromatic rings. The third-order valence-electron chi connectivity index (χ3n) is 5.89.